The molecular weight excluding hydrogens is 313 g/mol. The maximum atomic E-state index is 13.6. The molecule has 8 heteroatoms. The highest BCUT2D eigenvalue weighted by Gasteiger charge is 2.08. The second-order valence-corrected chi connectivity index (χ2v) is 5.07. The number of ether oxygens (including phenoxy) is 1. The number of aryl methyl sites for hydroxylation is 1. The Morgan fingerprint density at radius 1 is 1.25 bits per heavy atom. The fraction of sp³-hybridized carbons (Fsp3) is 0.125. The van der Waals surface area contributed by atoms with Crippen molar-refractivity contribution in [2.75, 3.05) is 11.9 Å². The summed E-state index contributed by atoms with van der Waals surface area (Å²) in [5.74, 6) is -0.421. The lowest BCUT2D eigenvalue weighted by Gasteiger charge is -2.09. The van der Waals surface area contributed by atoms with E-state index in [-0.39, 0.29) is 12.3 Å². The molecule has 0 bridgehead atoms. The average molecular weight is 327 g/mol. The van der Waals surface area contributed by atoms with Gasteiger partial charge in [-0.05, 0) is 59.3 Å². The number of carbonyl (C=O) groups excluding carboxylic acids is 1. The number of nitrogens with zero attached hydrogens (tertiary/aromatic N) is 4. The number of tetrazole rings is 1. The maximum Gasteiger partial charge on any atom is 0.262 e. The van der Waals surface area contributed by atoms with Gasteiger partial charge in [-0.3, -0.25) is 4.79 Å². The van der Waals surface area contributed by atoms with E-state index in [1.807, 2.05) is 6.92 Å². The predicted molar refractivity (Wildman–Crippen MR) is 84.4 cm³/mol. The van der Waals surface area contributed by atoms with E-state index in [4.69, 9.17) is 4.74 Å². The van der Waals surface area contributed by atoms with Gasteiger partial charge in [0, 0.05) is 0 Å². The molecular formula is C16H14FN5O2. The highest BCUT2D eigenvalue weighted by atomic mass is 19.1. The first-order valence-corrected chi connectivity index (χ1v) is 7.14. The summed E-state index contributed by atoms with van der Waals surface area (Å²) in [6.07, 6.45) is 1.47. The van der Waals surface area contributed by atoms with E-state index in [2.05, 4.69) is 20.8 Å². The minimum Gasteiger partial charge on any atom is -0.484 e. The van der Waals surface area contributed by atoms with Crippen LogP contribution in [0.1, 0.15) is 5.56 Å². The topological polar surface area (TPSA) is 81.9 Å². The molecule has 0 unspecified atom stereocenters. The molecule has 1 N–H and O–H groups in total. The van der Waals surface area contributed by atoms with Crippen molar-refractivity contribution < 1.29 is 13.9 Å². The number of rotatable bonds is 5. The van der Waals surface area contributed by atoms with Crippen molar-refractivity contribution in [1.29, 1.82) is 0 Å². The molecule has 122 valence electrons. The van der Waals surface area contributed by atoms with Crippen LogP contribution in [0.5, 0.6) is 5.75 Å². The third kappa shape index (κ3) is 3.72. The average Bonchev–Trinajstić information content (AvgIpc) is 3.11. The lowest BCUT2D eigenvalue weighted by molar-refractivity contribution is -0.118. The Bertz CT molecular complexity index is 834. The number of amides is 1. The standard InChI is InChI=1S/C16H14FN5O2/c1-11-2-7-14(17)15(8-11)19-16(23)9-24-13-5-3-12(4-6-13)22-10-18-20-21-22/h2-8,10H,9H2,1H3,(H,19,23). The van der Waals surface area contributed by atoms with Crippen molar-refractivity contribution in [2.24, 2.45) is 0 Å². The van der Waals surface area contributed by atoms with Crippen LogP contribution in [0.4, 0.5) is 10.1 Å². The molecule has 0 saturated carbocycles. The summed E-state index contributed by atoms with van der Waals surface area (Å²) < 4.78 is 20.5. The SMILES string of the molecule is Cc1ccc(F)c(NC(=O)COc2ccc(-n3cnnn3)cc2)c1. The Morgan fingerprint density at radius 3 is 2.75 bits per heavy atom. The summed E-state index contributed by atoms with van der Waals surface area (Å²) in [4.78, 5) is 11.9. The summed E-state index contributed by atoms with van der Waals surface area (Å²) in [5.41, 5.74) is 1.75. The van der Waals surface area contributed by atoms with Gasteiger partial charge in [0.2, 0.25) is 0 Å². The Labute approximate surface area is 137 Å². The molecule has 0 fully saturated rings. The van der Waals surface area contributed by atoms with Crippen LogP contribution >= 0.6 is 0 Å². The maximum absolute atomic E-state index is 13.6. The number of halogens is 1. The molecule has 0 saturated heterocycles. The number of hydrogen-bond acceptors (Lipinski definition) is 5. The monoisotopic (exact) mass is 327 g/mol. The first-order chi connectivity index (χ1) is 11.6. The van der Waals surface area contributed by atoms with E-state index < -0.39 is 11.7 Å². The Balaban J connectivity index is 1.57. The zero-order valence-corrected chi connectivity index (χ0v) is 12.8. The van der Waals surface area contributed by atoms with Crippen LogP contribution in [0.15, 0.2) is 48.8 Å². The molecule has 0 aliphatic heterocycles. The molecule has 7 nitrogen and oxygen atoms in total. The number of hydrogen-bond donors (Lipinski definition) is 1. The van der Waals surface area contributed by atoms with Gasteiger partial charge in [-0.15, -0.1) is 5.10 Å². The predicted octanol–water partition coefficient (Wildman–Crippen LogP) is 2.13. The summed E-state index contributed by atoms with van der Waals surface area (Å²) >= 11 is 0. The van der Waals surface area contributed by atoms with Gasteiger partial charge >= 0.3 is 0 Å². The van der Waals surface area contributed by atoms with Gasteiger partial charge in [-0.1, -0.05) is 6.07 Å². The Hall–Kier alpha value is -3.29. The molecule has 2 aromatic carbocycles. The zero-order chi connectivity index (χ0) is 16.9. The second kappa shape index (κ2) is 6.86. The van der Waals surface area contributed by atoms with Crippen LogP contribution in [0.2, 0.25) is 0 Å². The Kier molecular flexibility index (Phi) is 4.46. The first kappa shape index (κ1) is 15.6. The van der Waals surface area contributed by atoms with Crippen molar-refractivity contribution in [3.05, 3.63) is 60.2 Å². The van der Waals surface area contributed by atoms with E-state index in [0.717, 1.165) is 11.3 Å². The minimum absolute atomic E-state index is 0.137. The van der Waals surface area contributed by atoms with Crippen LogP contribution in [-0.4, -0.2) is 32.7 Å². The number of anilines is 1. The highest BCUT2D eigenvalue weighted by Crippen LogP contribution is 2.16. The van der Waals surface area contributed by atoms with Crippen molar-refractivity contribution >= 4 is 11.6 Å². The quantitative estimate of drug-likeness (QED) is 0.776. The molecule has 0 aliphatic rings. The largest absolute Gasteiger partial charge is 0.484 e. The number of carbonyl (C=O) groups is 1. The van der Waals surface area contributed by atoms with Crippen molar-refractivity contribution in [3.63, 3.8) is 0 Å². The molecule has 0 aliphatic carbocycles. The lowest BCUT2D eigenvalue weighted by Crippen LogP contribution is -2.20. The van der Waals surface area contributed by atoms with Crippen LogP contribution in [0.3, 0.4) is 0 Å². The fourth-order valence-electron chi connectivity index (χ4n) is 2.04. The van der Waals surface area contributed by atoms with Crippen molar-refractivity contribution in [1.82, 2.24) is 20.2 Å². The van der Waals surface area contributed by atoms with Gasteiger partial charge in [-0.2, -0.15) is 0 Å². The molecule has 0 spiro atoms. The lowest BCUT2D eigenvalue weighted by atomic mass is 10.2. The van der Waals surface area contributed by atoms with E-state index in [9.17, 15) is 9.18 Å². The van der Waals surface area contributed by atoms with E-state index in [1.165, 1.54) is 17.1 Å². The highest BCUT2D eigenvalue weighted by molar-refractivity contribution is 5.92. The van der Waals surface area contributed by atoms with Gasteiger partial charge < -0.3 is 10.1 Å². The van der Waals surface area contributed by atoms with Crippen LogP contribution in [-0.2, 0) is 4.79 Å². The number of nitrogens with one attached hydrogen (secondary N) is 1. The van der Waals surface area contributed by atoms with E-state index >= 15 is 0 Å². The van der Waals surface area contributed by atoms with Gasteiger partial charge in [0.05, 0.1) is 11.4 Å². The van der Waals surface area contributed by atoms with Crippen LogP contribution in [0, 0.1) is 12.7 Å². The number of benzene rings is 2. The van der Waals surface area contributed by atoms with Gasteiger partial charge in [0.1, 0.15) is 17.9 Å². The smallest absolute Gasteiger partial charge is 0.262 e. The van der Waals surface area contributed by atoms with E-state index in [0.29, 0.717) is 5.75 Å². The summed E-state index contributed by atoms with van der Waals surface area (Å²) in [7, 11) is 0. The summed E-state index contributed by atoms with van der Waals surface area (Å²) in [5, 5.41) is 13.4. The Morgan fingerprint density at radius 2 is 2.04 bits per heavy atom. The van der Waals surface area contributed by atoms with E-state index in [1.54, 1.807) is 36.4 Å². The molecule has 24 heavy (non-hydrogen) atoms. The second-order valence-electron chi connectivity index (χ2n) is 5.07. The number of aromatic nitrogens is 4. The molecule has 0 radical (unpaired) electrons. The van der Waals surface area contributed by atoms with Crippen molar-refractivity contribution in [2.45, 2.75) is 6.92 Å². The minimum atomic E-state index is -0.486. The third-order valence-corrected chi connectivity index (χ3v) is 3.22. The fourth-order valence-corrected chi connectivity index (χ4v) is 2.04. The molecule has 3 rings (SSSR count). The summed E-state index contributed by atoms with van der Waals surface area (Å²) in [6.45, 7) is 1.59. The molecule has 1 aromatic heterocycles. The molecule has 1 heterocycles. The summed E-state index contributed by atoms with van der Waals surface area (Å²) in [6, 6.07) is 11.4. The molecule has 3 aromatic rings. The third-order valence-electron chi connectivity index (χ3n) is 3.22. The molecule has 1 amide bonds. The molecule has 0 atom stereocenters. The zero-order valence-electron chi connectivity index (χ0n) is 12.8. The normalized spacial score (nSPS) is 10.4. The van der Waals surface area contributed by atoms with Crippen LogP contribution in [0.25, 0.3) is 5.69 Å². The van der Waals surface area contributed by atoms with Crippen LogP contribution < -0.4 is 10.1 Å². The first-order valence-electron chi connectivity index (χ1n) is 7.14. The van der Waals surface area contributed by atoms with Gasteiger partial charge in [0.15, 0.2) is 6.61 Å². The van der Waals surface area contributed by atoms with Gasteiger partial charge in [0.25, 0.3) is 5.91 Å². The van der Waals surface area contributed by atoms with Gasteiger partial charge in [-0.25, -0.2) is 9.07 Å². The van der Waals surface area contributed by atoms with Crippen molar-refractivity contribution in [3.8, 4) is 11.4 Å².